The topological polar surface area (TPSA) is 134 Å². The van der Waals surface area contributed by atoms with Crippen molar-refractivity contribution in [1.82, 2.24) is 16.0 Å². The van der Waals surface area contributed by atoms with Crippen molar-refractivity contribution in [3.8, 4) is 17.6 Å². The maximum absolute atomic E-state index is 13.6. The van der Waals surface area contributed by atoms with Gasteiger partial charge in [-0.3, -0.25) is 19.2 Å². The van der Waals surface area contributed by atoms with E-state index in [9.17, 15) is 45.9 Å². The molecule has 0 atom stereocenters. The molecule has 3 aromatic rings. The lowest BCUT2D eigenvalue weighted by molar-refractivity contribution is -0.136. The summed E-state index contributed by atoms with van der Waals surface area (Å²) in [6, 6.07) is 14.5. The number of rotatable bonds is 10. The first-order valence-electron chi connectivity index (χ1n) is 13.5. The monoisotopic (exact) mass is 642 g/mol. The average Bonchev–Trinajstić information content (AvgIpc) is 3.05. The third kappa shape index (κ3) is 8.03. The standard InChI is InChI=1S/C31H23F5N4O6/c32-26-27(33)29(35)31(30(36)28(26)34)46-25(45)15-39-23(43)14-38-22(42)13-37-21(41)11-12-24(44)40-16-19-7-2-1-5-17(19)9-10-18-6-3-4-8-20(18)40/h1-8H,11-16H2,(H,37,41)(H,38,42)(H,39,43). The number of ether oxygens (including phenoxy) is 1. The van der Waals surface area contributed by atoms with Gasteiger partial charge in [-0.25, -0.2) is 18.0 Å². The first-order chi connectivity index (χ1) is 22.0. The van der Waals surface area contributed by atoms with E-state index in [-0.39, 0.29) is 25.3 Å². The number of halogens is 5. The molecular formula is C31H23F5N4O6. The number of esters is 1. The minimum absolute atomic E-state index is 0.180. The van der Waals surface area contributed by atoms with E-state index in [0.29, 0.717) is 11.3 Å². The molecular weight excluding hydrogens is 619 g/mol. The Bertz CT molecular complexity index is 1760. The Morgan fingerprint density at radius 1 is 0.652 bits per heavy atom. The van der Waals surface area contributed by atoms with Crippen LogP contribution in [0.2, 0.25) is 0 Å². The van der Waals surface area contributed by atoms with Gasteiger partial charge in [0.2, 0.25) is 58.5 Å². The second kappa shape index (κ2) is 14.8. The summed E-state index contributed by atoms with van der Waals surface area (Å²) in [5.41, 5.74) is 2.85. The van der Waals surface area contributed by atoms with Gasteiger partial charge in [0.1, 0.15) is 6.54 Å². The molecule has 4 amide bonds. The van der Waals surface area contributed by atoms with Crippen LogP contribution in [0.4, 0.5) is 27.6 Å². The molecule has 0 radical (unpaired) electrons. The summed E-state index contributed by atoms with van der Waals surface area (Å²) >= 11 is 0. The van der Waals surface area contributed by atoms with Gasteiger partial charge in [-0.1, -0.05) is 42.2 Å². The van der Waals surface area contributed by atoms with Gasteiger partial charge in [-0.2, -0.15) is 8.78 Å². The Kier molecular flexibility index (Phi) is 10.7. The largest absolute Gasteiger partial charge is 0.419 e. The smallest absolute Gasteiger partial charge is 0.331 e. The number of amides is 4. The molecule has 0 saturated carbocycles. The third-order valence-electron chi connectivity index (χ3n) is 6.45. The quantitative estimate of drug-likeness (QED) is 0.0777. The minimum Gasteiger partial charge on any atom is -0.419 e. The maximum atomic E-state index is 13.6. The van der Waals surface area contributed by atoms with Crippen molar-refractivity contribution in [3.05, 3.63) is 94.3 Å². The predicted molar refractivity (Wildman–Crippen MR) is 150 cm³/mol. The Hall–Kier alpha value is -5.78. The first kappa shape index (κ1) is 33.1. The van der Waals surface area contributed by atoms with Crippen LogP contribution >= 0.6 is 0 Å². The molecule has 0 bridgehead atoms. The molecule has 0 saturated heterocycles. The van der Waals surface area contributed by atoms with Crippen LogP contribution in [0.15, 0.2) is 48.5 Å². The zero-order chi connectivity index (χ0) is 33.4. The van der Waals surface area contributed by atoms with Gasteiger partial charge in [0, 0.05) is 24.0 Å². The number of para-hydroxylation sites is 1. The molecule has 0 spiro atoms. The van der Waals surface area contributed by atoms with Crippen molar-refractivity contribution in [2.75, 3.05) is 24.5 Å². The molecule has 0 aromatic heterocycles. The highest BCUT2D eigenvalue weighted by Crippen LogP contribution is 2.29. The van der Waals surface area contributed by atoms with Crippen molar-refractivity contribution < 1.29 is 50.7 Å². The summed E-state index contributed by atoms with van der Waals surface area (Å²) < 4.78 is 70.9. The van der Waals surface area contributed by atoms with E-state index in [4.69, 9.17) is 0 Å². The zero-order valence-corrected chi connectivity index (χ0v) is 23.6. The summed E-state index contributed by atoms with van der Waals surface area (Å²) in [4.78, 5) is 62.7. The highest BCUT2D eigenvalue weighted by atomic mass is 19.2. The van der Waals surface area contributed by atoms with Crippen molar-refractivity contribution >= 4 is 35.3 Å². The van der Waals surface area contributed by atoms with Gasteiger partial charge in [-0.15, -0.1) is 0 Å². The zero-order valence-electron chi connectivity index (χ0n) is 23.6. The predicted octanol–water partition coefficient (Wildman–Crippen LogP) is 2.36. The minimum atomic E-state index is -2.44. The molecule has 46 heavy (non-hydrogen) atoms. The Morgan fingerprint density at radius 3 is 1.85 bits per heavy atom. The fraction of sp³-hybridized carbons (Fsp3) is 0.194. The lowest BCUT2D eigenvalue weighted by Gasteiger charge is -2.26. The summed E-state index contributed by atoms with van der Waals surface area (Å²) in [6.07, 6.45) is -0.426. The summed E-state index contributed by atoms with van der Waals surface area (Å²) in [5, 5.41) is 6.36. The second-order valence-electron chi connectivity index (χ2n) is 9.61. The number of nitrogens with zero attached hydrogens (tertiary/aromatic N) is 1. The van der Waals surface area contributed by atoms with Crippen LogP contribution in [0.25, 0.3) is 0 Å². The first-order valence-corrected chi connectivity index (χ1v) is 13.5. The Balaban J connectivity index is 1.19. The number of carbonyl (C=O) groups excluding carboxylic acids is 5. The van der Waals surface area contributed by atoms with E-state index in [0.717, 1.165) is 11.1 Å². The number of carbonyl (C=O) groups is 5. The van der Waals surface area contributed by atoms with Crippen molar-refractivity contribution in [2.24, 2.45) is 0 Å². The number of nitrogens with one attached hydrogen (secondary N) is 3. The van der Waals surface area contributed by atoms with Crippen LogP contribution in [0.3, 0.4) is 0 Å². The van der Waals surface area contributed by atoms with Gasteiger partial charge in [0.25, 0.3) is 0 Å². The van der Waals surface area contributed by atoms with E-state index in [1.807, 2.05) is 29.6 Å². The third-order valence-corrected chi connectivity index (χ3v) is 6.45. The summed E-state index contributed by atoms with van der Waals surface area (Å²) in [7, 11) is 0. The highest BCUT2D eigenvalue weighted by molar-refractivity contribution is 5.97. The molecule has 3 aromatic carbocycles. The number of fused-ring (bicyclic) bond motifs is 2. The normalized spacial score (nSPS) is 11.5. The molecule has 0 unspecified atom stereocenters. The lowest BCUT2D eigenvalue weighted by atomic mass is 10.0. The molecule has 15 heteroatoms. The molecule has 238 valence electrons. The maximum Gasteiger partial charge on any atom is 0.331 e. The van der Waals surface area contributed by atoms with Gasteiger partial charge in [0.15, 0.2) is 0 Å². The van der Waals surface area contributed by atoms with Crippen LogP contribution in [-0.4, -0.2) is 49.2 Å². The fourth-order valence-corrected chi connectivity index (χ4v) is 4.13. The molecule has 1 aliphatic rings. The Morgan fingerprint density at radius 2 is 1.17 bits per heavy atom. The fourth-order valence-electron chi connectivity index (χ4n) is 4.13. The van der Waals surface area contributed by atoms with Crippen LogP contribution < -0.4 is 25.6 Å². The van der Waals surface area contributed by atoms with Crippen molar-refractivity contribution in [1.29, 1.82) is 0 Å². The van der Waals surface area contributed by atoms with E-state index in [1.165, 1.54) is 0 Å². The van der Waals surface area contributed by atoms with Crippen LogP contribution in [0.5, 0.6) is 5.75 Å². The van der Waals surface area contributed by atoms with Gasteiger partial charge < -0.3 is 25.6 Å². The van der Waals surface area contributed by atoms with Gasteiger partial charge >= 0.3 is 5.97 Å². The number of hydrogen-bond donors (Lipinski definition) is 3. The van der Waals surface area contributed by atoms with Crippen LogP contribution in [0.1, 0.15) is 29.5 Å². The Labute approximate surface area is 257 Å². The van der Waals surface area contributed by atoms with E-state index in [1.54, 1.807) is 29.2 Å². The SMILES string of the molecule is O=C(CCC(=O)N1Cc2ccccc2C#Cc2ccccc21)NCC(=O)NCC(=O)NCC(=O)Oc1c(F)c(F)c(F)c(F)c1F. The van der Waals surface area contributed by atoms with Gasteiger partial charge in [0.05, 0.1) is 25.3 Å². The van der Waals surface area contributed by atoms with E-state index >= 15 is 0 Å². The van der Waals surface area contributed by atoms with E-state index < -0.39 is 78.2 Å². The molecule has 1 aliphatic heterocycles. The molecule has 0 aliphatic carbocycles. The molecule has 3 N–H and O–H groups in total. The van der Waals surface area contributed by atoms with Crippen LogP contribution in [-0.2, 0) is 30.5 Å². The lowest BCUT2D eigenvalue weighted by Crippen LogP contribution is -2.43. The molecule has 4 rings (SSSR count). The second-order valence-corrected chi connectivity index (χ2v) is 9.61. The van der Waals surface area contributed by atoms with Crippen molar-refractivity contribution in [3.63, 3.8) is 0 Å². The van der Waals surface area contributed by atoms with Crippen molar-refractivity contribution in [2.45, 2.75) is 19.4 Å². The van der Waals surface area contributed by atoms with Gasteiger partial charge in [-0.05, 0) is 23.8 Å². The number of benzene rings is 3. The van der Waals surface area contributed by atoms with E-state index in [2.05, 4.69) is 27.2 Å². The molecule has 10 nitrogen and oxygen atoms in total. The summed E-state index contributed by atoms with van der Waals surface area (Å²) in [6.45, 7) is -2.07. The molecule has 1 heterocycles. The van der Waals surface area contributed by atoms with Crippen LogP contribution in [0, 0.1) is 40.9 Å². The molecule has 0 fully saturated rings. The number of anilines is 1. The average molecular weight is 643 g/mol. The number of hydrogen-bond acceptors (Lipinski definition) is 6. The highest BCUT2D eigenvalue weighted by Gasteiger charge is 2.29. The summed E-state index contributed by atoms with van der Waals surface area (Å²) in [5.74, 6) is -11.8.